The molecule has 0 aliphatic heterocycles. The number of anilines is 1. The average molecular weight is 472 g/mol. The van der Waals surface area contributed by atoms with Crippen molar-refractivity contribution in [1.29, 1.82) is 0 Å². The molecule has 1 unspecified atom stereocenters. The number of nitrogens with one attached hydrogen (secondary N) is 1. The van der Waals surface area contributed by atoms with Crippen LogP contribution in [0.1, 0.15) is 18.4 Å². The van der Waals surface area contributed by atoms with Crippen molar-refractivity contribution in [3.8, 4) is 17.2 Å². The largest absolute Gasteiger partial charge is 0.493 e. The van der Waals surface area contributed by atoms with Crippen molar-refractivity contribution in [2.24, 2.45) is 5.41 Å². The molecule has 3 aromatic rings. The van der Waals surface area contributed by atoms with Gasteiger partial charge in [-0.15, -0.1) is 0 Å². The lowest BCUT2D eigenvalue weighted by Gasteiger charge is -2.13. The Kier molecular flexibility index (Phi) is 6.16. The monoisotopic (exact) mass is 472 g/mol. The number of amides is 1. The molecule has 0 bridgehead atoms. The fourth-order valence-electron chi connectivity index (χ4n) is 3.31. The van der Waals surface area contributed by atoms with Gasteiger partial charge in [-0.25, -0.2) is 0 Å². The van der Waals surface area contributed by atoms with Gasteiger partial charge in [-0.3, -0.25) is 19.1 Å². The van der Waals surface area contributed by atoms with E-state index in [-0.39, 0.29) is 18.1 Å². The van der Waals surface area contributed by atoms with Crippen LogP contribution in [0, 0.1) is 5.41 Å². The topological polar surface area (TPSA) is 144 Å². The van der Waals surface area contributed by atoms with Gasteiger partial charge in [-0.1, -0.05) is 12.1 Å². The van der Waals surface area contributed by atoms with Gasteiger partial charge in [-0.05, 0) is 42.7 Å². The van der Waals surface area contributed by atoms with Crippen LogP contribution in [0.5, 0.6) is 17.2 Å². The molecule has 1 aliphatic carbocycles. The number of carbonyl (C=O) groups is 2. The maximum absolute atomic E-state index is 12.2. The number of pyridine rings is 1. The van der Waals surface area contributed by atoms with Crippen molar-refractivity contribution in [2.45, 2.75) is 19.4 Å². The molecule has 1 amide bonds. The van der Waals surface area contributed by atoms with Gasteiger partial charge in [-0.2, -0.15) is 4.21 Å². The van der Waals surface area contributed by atoms with Crippen molar-refractivity contribution < 1.29 is 37.1 Å². The molecule has 2 aromatic carbocycles. The number of carboxylic acid groups (broad SMARTS) is 1. The second-order valence-electron chi connectivity index (χ2n) is 7.46. The summed E-state index contributed by atoms with van der Waals surface area (Å²) in [5.41, 5.74) is 0.541. The molecule has 172 valence electrons. The molecular weight excluding hydrogens is 452 g/mol. The van der Waals surface area contributed by atoms with E-state index in [0.29, 0.717) is 35.2 Å². The summed E-state index contributed by atoms with van der Waals surface area (Å²) in [6, 6.07) is 11.6. The Bertz CT molecular complexity index is 1240. The van der Waals surface area contributed by atoms with Crippen LogP contribution in [0.3, 0.4) is 0 Å². The molecule has 4 rings (SSSR count). The number of fused-ring (bicyclic) bond motifs is 1. The number of hydrogen-bond donors (Lipinski definition) is 3. The van der Waals surface area contributed by atoms with Gasteiger partial charge < -0.3 is 24.1 Å². The molecule has 33 heavy (non-hydrogen) atoms. The number of carbonyl (C=O) groups excluding carboxylic acids is 1. The summed E-state index contributed by atoms with van der Waals surface area (Å²) < 4.78 is 36.1. The summed E-state index contributed by atoms with van der Waals surface area (Å²) in [4.78, 5) is 27.8. The second kappa shape index (κ2) is 9.04. The summed E-state index contributed by atoms with van der Waals surface area (Å²) in [5, 5.41) is 12.4. The number of aromatic nitrogens is 1. The lowest BCUT2D eigenvalue weighted by molar-refractivity contribution is -0.147. The number of methoxy groups -OCH3 is 1. The molecule has 0 spiro atoms. The molecule has 10 nitrogen and oxygen atoms in total. The van der Waals surface area contributed by atoms with Gasteiger partial charge in [0.15, 0.2) is 11.5 Å². The van der Waals surface area contributed by atoms with E-state index in [4.69, 9.17) is 18.2 Å². The maximum atomic E-state index is 12.2. The Morgan fingerprint density at radius 2 is 1.85 bits per heavy atom. The smallest absolute Gasteiger partial charge is 0.357 e. The summed E-state index contributed by atoms with van der Waals surface area (Å²) in [5.74, 6) is -0.821. The highest BCUT2D eigenvalue weighted by atomic mass is 32.2. The highest BCUT2D eigenvalue weighted by molar-refractivity contribution is 7.74. The van der Waals surface area contributed by atoms with Crippen LogP contribution in [0.25, 0.3) is 10.9 Å². The Morgan fingerprint density at radius 3 is 2.45 bits per heavy atom. The Labute approximate surface area is 191 Å². The van der Waals surface area contributed by atoms with E-state index in [9.17, 15) is 18.9 Å². The van der Waals surface area contributed by atoms with Crippen LogP contribution < -0.4 is 19.0 Å². The van der Waals surface area contributed by atoms with E-state index in [1.54, 1.807) is 42.6 Å². The molecule has 3 N–H and O–H groups in total. The van der Waals surface area contributed by atoms with Crippen LogP contribution in [0.15, 0.2) is 48.7 Å². The zero-order chi connectivity index (χ0) is 23.6. The molecule has 11 heteroatoms. The predicted octanol–water partition coefficient (Wildman–Crippen LogP) is 3.14. The number of aliphatic carboxylic acids is 1. The summed E-state index contributed by atoms with van der Waals surface area (Å²) in [6.07, 6.45) is 2.25. The van der Waals surface area contributed by atoms with Crippen molar-refractivity contribution in [1.82, 2.24) is 4.98 Å². The zero-order valence-corrected chi connectivity index (χ0v) is 18.3. The number of benzene rings is 2. The third-order valence-electron chi connectivity index (χ3n) is 5.35. The van der Waals surface area contributed by atoms with Crippen molar-refractivity contribution in [3.63, 3.8) is 0 Å². The number of rotatable bonds is 9. The van der Waals surface area contributed by atoms with Gasteiger partial charge in [0, 0.05) is 23.3 Å². The van der Waals surface area contributed by atoms with E-state index in [1.807, 2.05) is 0 Å². The second-order valence-corrected chi connectivity index (χ2v) is 8.06. The molecular formula is C22H20N2O8S. The molecule has 1 aromatic heterocycles. The van der Waals surface area contributed by atoms with Gasteiger partial charge in [0.25, 0.3) is 0 Å². The first kappa shape index (κ1) is 22.5. The van der Waals surface area contributed by atoms with Crippen LogP contribution in [-0.4, -0.2) is 37.8 Å². The van der Waals surface area contributed by atoms with E-state index in [0.717, 1.165) is 5.56 Å². The van der Waals surface area contributed by atoms with Crippen molar-refractivity contribution in [2.75, 3.05) is 12.4 Å². The van der Waals surface area contributed by atoms with Crippen molar-refractivity contribution in [3.05, 3.63) is 54.2 Å². The molecule has 0 saturated heterocycles. The number of hydrogen-bond acceptors (Lipinski definition) is 7. The van der Waals surface area contributed by atoms with Gasteiger partial charge in [0.2, 0.25) is 5.91 Å². The third kappa shape index (κ3) is 4.73. The first-order valence-electron chi connectivity index (χ1n) is 9.85. The summed E-state index contributed by atoms with van der Waals surface area (Å²) in [6.45, 7) is 0.195. The van der Waals surface area contributed by atoms with E-state index in [1.165, 1.54) is 13.2 Å². The number of nitrogens with zero attached hydrogens (tertiary/aromatic N) is 1. The maximum Gasteiger partial charge on any atom is 0.357 e. The average Bonchev–Trinajstić information content (AvgIpc) is 3.60. The van der Waals surface area contributed by atoms with Crippen LogP contribution in [0.2, 0.25) is 0 Å². The quantitative estimate of drug-likeness (QED) is 0.316. The molecule has 1 fully saturated rings. The van der Waals surface area contributed by atoms with Gasteiger partial charge >= 0.3 is 17.3 Å². The minimum Gasteiger partial charge on any atom is -0.493 e. The SMILES string of the molecule is COc1cc2nccc(OCc3ccc(NC(=O)C4(C(=O)O)CC4)cc3)c2cc1OS(=O)O. The Balaban J connectivity index is 1.47. The first-order chi connectivity index (χ1) is 15.8. The first-order valence-corrected chi connectivity index (χ1v) is 10.9. The third-order valence-corrected chi connectivity index (χ3v) is 5.67. The van der Waals surface area contributed by atoms with Crippen LogP contribution in [-0.2, 0) is 27.6 Å². The summed E-state index contributed by atoms with van der Waals surface area (Å²) in [7, 11) is 1.41. The lowest BCUT2D eigenvalue weighted by atomic mass is 10.1. The molecule has 1 aliphatic rings. The predicted molar refractivity (Wildman–Crippen MR) is 118 cm³/mol. The minimum absolute atomic E-state index is 0.0681. The lowest BCUT2D eigenvalue weighted by Crippen LogP contribution is -2.31. The fourth-order valence-corrected chi connectivity index (χ4v) is 3.60. The summed E-state index contributed by atoms with van der Waals surface area (Å²) >= 11 is -2.53. The normalized spacial score (nSPS) is 14.8. The zero-order valence-electron chi connectivity index (χ0n) is 17.4. The molecule has 1 heterocycles. The Morgan fingerprint density at radius 1 is 1.12 bits per heavy atom. The van der Waals surface area contributed by atoms with E-state index in [2.05, 4.69) is 10.3 Å². The molecule has 0 radical (unpaired) electrons. The van der Waals surface area contributed by atoms with E-state index < -0.39 is 28.7 Å². The fraction of sp³-hybridized carbons (Fsp3) is 0.227. The minimum atomic E-state index is -2.53. The van der Waals surface area contributed by atoms with Gasteiger partial charge in [0.05, 0.1) is 12.6 Å². The standard InChI is InChI=1S/C22H20N2O8S/c1-30-18-11-16-15(10-19(18)32-33(28)29)17(6-9-23-16)31-12-13-2-4-14(5-3-13)24-20(25)22(7-8-22)21(26)27/h2-6,9-11H,7-8,12H2,1H3,(H,24,25)(H,26,27)(H,28,29). The number of carboxylic acids is 1. The van der Waals surface area contributed by atoms with Crippen LogP contribution in [0.4, 0.5) is 5.69 Å². The van der Waals surface area contributed by atoms with E-state index >= 15 is 0 Å². The van der Waals surface area contributed by atoms with Crippen LogP contribution >= 0.6 is 0 Å². The Hall–Kier alpha value is -3.70. The van der Waals surface area contributed by atoms with Gasteiger partial charge in [0.1, 0.15) is 17.8 Å². The number of ether oxygens (including phenoxy) is 2. The highest BCUT2D eigenvalue weighted by Gasteiger charge is 2.57. The molecule has 1 atom stereocenters. The van der Waals surface area contributed by atoms with Crippen molar-refractivity contribution >= 4 is 39.8 Å². The highest BCUT2D eigenvalue weighted by Crippen LogP contribution is 2.46. The molecule has 1 saturated carbocycles.